The summed E-state index contributed by atoms with van der Waals surface area (Å²) in [5.74, 6) is 0.970. The van der Waals surface area contributed by atoms with Gasteiger partial charge in [-0.3, -0.25) is 9.59 Å². The van der Waals surface area contributed by atoms with Crippen LogP contribution in [-0.2, 0) is 11.2 Å². The molecule has 0 bridgehead atoms. The minimum Gasteiger partial charge on any atom is -0.353 e. The maximum atomic E-state index is 13.4. The molecule has 8 heteroatoms. The molecule has 3 aromatic rings. The van der Waals surface area contributed by atoms with Crippen molar-refractivity contribution in [1.82, 2.24) is 25.1 Å². The summed E-state index contributed by atoms with van der Waals surface area (Å²) in [4.78, 5) is 35.2. The van der Waals surface area contributed by atoms with Gasteiger partial charge in [0.25, 0.3) is 5.91 Å². The number of imidazole rings is 1. The molecule has 4 rings (SSSR count). The summed E-state index contributed by atoms with van der Waals surface area (Å²) in [6, 6.07) is 10.1. The number of benzene rings is 1. The van der Waals surface area contributed by atoms with E-state index in [-0.39, 0.29) is 17.7 Å². The maximum Gasteiger partial charge on any atom is 0.252 e. The Balaban J connectivity index is 1.53. The lowest BCUT2D eigenvalue weighted by molar-refractivity contribution is -0.123. The quantitative estimate of drug-likeness (QED) is 0.298. The number of amides is 2. The molecule has 0 aliphatic carbocycles. The minimum atomic E-state index is -0.571. The van der Waals surface area contributed by atoms with Gasteiger partial charge in [-0.15, -0.1) is 11.3 Å². The first-order valence-corrected chi connectivity index (χ1v) is 15.5. The van der Waals surface area contributed by atoms with Crippen molar-refractivity contribution < 1.29 is 9.59 Å². The van der Waals surface area contributed by atoms with Gasteiger partial charge in [-0.2, -0.15) is 0 Å². The highest BCUT2D eigenvalue weighted by atomic mass is 32.1. The largest absolute Gasteiger partial charge is 0.353 e. The molecule has 1 saturated heterocycles. The van der Waals surface area contributed by atoms with Crippen molar-refractivity contribution in [2.24, 2.45) is 5.92 Å². The number of thiophene rings is 1. The van der Waals surface area contributed by atoms with Gasteiger partial charge < -0.3 is 20.1 Å². The Bertz CT molecular complexity index is 1230. The number of carbonyl (C=O) groups excluding carboxylic acids is 2. The summed E-state index contributed by atoms with van der Waals surface area (Å²) in [6.45, 7) is 10.3. The molecule has 1 unspecified atom stereocenters. The number of hydrogen-bond donors (Lipinski definition) is 2. The Labute approximate surface area is 237 Å². The van der Waals surface area contributed by atoms with Gasteiger partial charge in [0.15, 0.2) is 0 Å². The van der Waals surface area contributed by atoms with Crippen LogP contribution in [0.15, 0.2) is 35.7 Å². The Morgan fingerprint density at radius 2 is 1.95 bits per heavy atom. The van der Waals surface area contributed by atoms with Gasteiger partial charge in [0.1, 0.15) is 11.9 Å². The van der Waals surface area contributed by atoms with Gasteiger partial charge >= 0.3 is 0 Å². The lowest BCUT2D eigenvalue weighted by atomic mass is 10.0. The molecule has 2 N–H and O–H groups in total. The third-order valence-electron chi connectivity index (χ3n) is 8.01. The van der Waals surface area contributed by atoms with Crippen molar-refractivity contribution >= 4 is 34.2 Å². The van der Waals surface area contributed by atoms with Crippen molar-refractivity contribution in [1.29, 1.82) is 0 Å². The van der Waals surface area contributed by atoms with Crippen LogP contribution in [0.4, 0.5) is 0 Å². The average molecular weight is 552 g/mol. The Morgan fingerprint density at radius 3 is 2.62 bits per heavy atom. The van der Waals surface area contributed by atoms with Crippen molar-refractivity contribution in [3.63, 3.8) is 0 Å². The average Bonchev–Trinajstić information content (AvgIpc) is 3.56. The summed E-state index contributed by atoms with van der Waals surface area (Å²) < 4.78 is 2.36. The zero-order valence-corrected chi connectivity index (χ0v) is 25.0. The van der Waals surface area contributed by atoms with E-state index in [1.807, 2.05) is 18.2 Å². The van der Waals surface area contributed by atoms with Crippen LogP contribution in [0.3, 0.4) is 0 Å². The highest BCUT2D eigenvalue weighted by Crippen LogP contribution is 2.28. The highest BCUT2D eigenvalue weighted by molar-refractivity contribution is 7.09. The number of likely N-dealkylation sites (N-methyl/N-ethyl adjacent to an activating group) is 1. The Hall–Kier alpha value is -2.71. The molecule has 1 aromatic carbocycles. The molecule has 2 atom stereocenters. The molecule has 212 valence electrons. The first kappa shape index (κ1) is 29.3. The zero-order chi connectivity index (χ0) is 27.9. The monoisotopic (exact) mass is 551 g/mol. The van der Waals surface area contributed by atoms with Crippen LogP contribution >= 0.6 is 11.3 Å². The second kappa shape index (κ2) is 13.6. The standard InChI is InChI=1S/C31H45N5O2S/c1-6-23(7-2)36-28-14-13-22(18-26(28)33-29(36)19-25-12-10-16-39-25)30(37)34-27(17-21(3)4)31(38)32-20-24-11-8-9-15-35(24)5/h10,12-14,16,18,21,23-24,27H,6-9,11,15,17,19-20H2,1-5H3,(H,32,38)(H,34,37)/t24?,27-/m0/s1. The molecule has 39 heavy (non-hydrogen) atoms. The first-order chi connectivity index (χ1) is 18.8. The summed E-state index contributed by atoms with van der Waals surface area (Å²) in [6.07, 6.45) is 6.90. The van der Waals surface area contributed by atoms with E-state index in [0.717, 1.165) is 49.1 Å². The summed E-state index contributed by atoms with van der Waals surface area (Å²) >= 11 is 1.74. The molecule has 0 saturated carbocycles. The molecule has 1 aliphatic rings. The number of nitrogens with one attached hydrogen (secondary N) is 2. The van der Waals surface area contributed by atoms with Gasteiger partial charge in [0.05, 0.1) is 11.0 Å². The summed E-state index contributed by atoms with van der Waals surface area (Å²) in [7, 11) is 2.12. The van der Waals surface area contributed by atoms with Gasteiger partial charge in [-0.05, 0) is 81.3 Å². The van der Waals surface area contributed by atoms with E-state index in [2.05, 4.69) is 72.4 Å². The molecule has 1 fully saturated rings. The van der Waals surface area contributed by atoms with Crippen LogP contribution in [0.5, 0.6) is 0 Å². The Morgan fingerprint density at radius 1 is 1.15 bits per heavy atom. The number of carbonyl (C=O) groups is 2. The fraction of sp³-hybridized carbons (Fsp3) is 0.581. The van der Waals surface area contributed by atoms with Crippen LogP contribution in [0.2, 0.25) is 0 Å². The predicted molar refractivity (Wildman–Crippen MR) is 160 cm³/mol. The number of piperidine rings is 1. The van der Waals surface area contributed by atoms with E-state index < -0.39 is 6.04 Å². The van der Waals surface area contributed by atoms with E-state index in [1.54, 1.807) is 11.3 Å². The van der Waals surface area contributed by atoms with E-state index in [4.69, 9.17) is 4.98 Å². The fourth-order valence-corrected chi connectivity index (χ4v) is 6.43. The van der Waals surface area contributed by atoms with Crippen molar-refractivity contribution in [2.45, 2.75) is 90.8 Å². The zero-order valence-electron chi connectivity index (χ0n) is 24.2. The van der Waals surface area contributed by atoms with Gasteiger partial charge in [0.2, 0.25) is 5.91 Å². The topological polar surface area (TPSA) is 79.3 Å². The summed E-state index contributed by atoms with van der Waals surface area (Å²) in [5, 5.41) is 8.25. The third kappa shape index (κ3) is 7.28. The first-order valence-electron chi connectivity index (χ1n) is 14.6. The Kier molecular flexibility index (Phi) is 10.2. The normalized spacial score (nSPS) is 17.2. The van der Waals surface area contributed by atoms with E-state index in [1.165, 1.54) is 17.7 Å². The van der Waals surface area contributed by atoms with Crippen LogP contribution in [0.25, 0.3) is 11.0 Å². The summed E-state index contributed by atoms with van der Waals surface area (Å²) in [5.41, 5.74) is 2.42. The van der Waals surface area contributed by atoms with Crippen molar-refractivity contribution in [3.8, 4) is 0 Å². The van der Waals surface area contributed by atoms with Crippen LogP contribution in [-0.4, -0.2) is 58.5 Å². The third-order valence-corrected chi connectivity index (χ3v) is 8.88. The number of hydrogen-bond acceptors (Lipinski definition) is 5. The van der Waals surface area contributed by atoms with Crippen molar-refractivity contribution in [3.05, 3.63) is 52.0 Å². The molecule has 7 nitrogen and oxygen atoms in total. The van der Waals surface area contributed by atoms with Crippen LogP contribution < -0.4 is 10.6 Å². The van der Waals surface area contributed by atoms with Gasteiger partial charge in [0, 0.05) is 35.5 Å². The number of aromatic nitrogens is 2. The van der Waals surface area contributed by atoms with E-state index in [0.29, 0.717) is 30.6 Å². The number of fused-ring (bicyclic) bond motifs is 1. The van der Waals surface area contributed by atoms with Gasteiger partial charge in [-0.1, -0.05) is 40.2 Å². The second-order valence-electron chi connectivity index (χ2n) is 11.4. The van der Waals surface area contributed by atoms with Crippen LogP contribution in [0.1, 0.15) is 93.3 Å². The molecule has 1 aliphatic heterocycles. The molecular formula is C31H45N5O2S. The minimum absolute atomic E-state index is 0.103. The molecule has 2 aromatic heterocycles. The lowest BCUT2D eigenvalue weighted by Gasteiger charge is -2.33. The fourth-order valence-electron chi connectivity index (χ4n) is 5.73. The smallest absolute Gasteiger partial charge is 0.252 e. The van der Waals surface area contributed by atoms with Gasteiger partial charge in [-0.25, -0.2) is 4.98 Å². The molecule has 3 heterocycles. The molecule has 0 radical (unpaired) electrons. The molecule has 2 amide bonds. The second-order valence-corrected chi connectivity index (χ2v) is 12.4. The predicted octanol–water partition coefficient (Wildman–Crippen LogP) is 5.79. The van der Waals surface area contributed by atoms with E-state index in [9.17, 15) is 9.59 Å². The number of rotatable bonds is 12. The number of likely N-dealkylation sites (tertiary alicyclic amines) is 1. The number of nitrogens with zero attached hydrogens (tertiary/aromatic N) is 3. The van der Waals surface area contributed by atoms with Crippen LogP contribution in [0, 0.1) is 5.92 Å². The van der Waals surface area contributed by atoms with E-state index >= 15 is 0 Å². The molecular weight excluding hydrogens is 506 g/mol. The highest BCUT2D eigenvalue weighted by Gasteiger charge is 2.26. The SMILES string of the molecule is CCC(CC)n1c(Cc2cccs2)nc2cc(C(=O)N[C@@H](CC(C)C)C(=O)NCC3CCCCN3C)ccc21. The lowest BCUT2D eigenvalue weighted by Crippen LogP contribution is -2.51. The maximum absolute atomic E-state index is 13.4. The molecule has 0 spiro atoms. The van der Waals surface area contributed by atoms with Crippen molar-refractivity contribution in [2.75, 3.05) is 20.1 Å².